The van der Waals surface area contributed by atoms with E-state index in [4.69, 9.17) is 0 Å². The minimum absolute atomic E-state index is 0.275. The topological polar surface area (TPSA) is 48.2 Å². The molecule has 1 N–H and O–H groups in total. The SMILES string of the molecule is OC(C1=NC=NC1)c1ccc(F)cc1N1CCCC1. The van der Waals surface area contributed by atoms with E-state index >= 15 is 0 Å². The van der Waals surface area contributed by atoms with Crippen LogP contribution < -0.4 is 4.90 Å². The van der Waals surface area contributed by atoms with Gasteiger partial charge in [-0.1, -0.05) is 6.07 Å². The predicted octanol–water partition coefficient (Wildman–Crippen LogP) is 1.94. The first-order valence-corrected chi connectivity index (χ1v) is 6.53. The summed E-state index contributed by atoms with van der Waals surface area (Å²) in [4.78, 5) is 10.2. The second-order valence-electron chi connectivity index (χ2n) is 4.88. The average molecular weight is 261 g/mol. The van der Waals surface area contributed by atoms with E-state index in [1.165, 1.54) is 18.5 Å². The zero-order chi connectivity index (χ0) is 13.2. The van der Waals surface area contributed by atoms with Crippen LogP contribution in [0.15, 0.2) is 28.2 Å². The summed E-state index contributed by atoms with van der Waals surface area (Å²) in [5, 5.41) is 10.4. The predicted molar refractivity (Wildman–Crippen MR) is 73.6 cm³/mol. The fraction of sp³-hybridized carbons (Fsp3) is 0.429. The lowest BCUT2D eigenvalue weighted by atomic mass is 10.0. The Balaban J connectivity index is 1.95. The molecule has 19 heavy (non-hydrogen) atoms. The Kier molecular flexibility index (Phi) is 3.29. The number of nitrogens with zero attached hydrogens (tertiary/aromatic N) is 3. The van der Waals surface area contributed by atoms with Crippen LogP contribution in [0.5, 0.6) is 0 Å². The van der Waals surface area contributed by atoms with Crippen LogP contribution in [0.25, 0.3) is 0 Å². The molecule has 2 aliphatic heterocycles. The van der Waals surface area contributed by atoms with E-state index in [0.29, 0.717) is 17.8 Å². The number of hydrogen-bond acceptors (Lipinski definition) is 4. The molecule has 0 saturated carbocycles. The molecule has 2 aliphatic rings. The van der Waals surface area contributed by atoms with Gasteiger partial charge in [0.2, 0.25) is 0 Å². The lowest BCUT2D eigenvalue weighted by Gasteiger charge is -2.24. The molecule has 1 saturated heterocycles. The van der Waals surface area contributed by atoms with Gasteiger partial charge in [0.1, 0.15) is 18.3 Å². The highest BCUT2D eigenvalue weighted by atomic mass is 19.1. The van der Waals surface area contributed by atoms with Crippen molar-refractivity contribution >= 4 is 17.7 Å². The molecule has 2 heterocycles. The smallest absolute Gasteiger partial charge is 0.125 e. The molecular formula is C14H16FN3O. The molecule has 1 aromatic rings. The van der Waals surface area contributed by atoms with E-state index in [9.17, 15) is 9.50 Å². The number of benzene rings is 1. The van der Waals surface area contributed by atoms with E-state index < -0.39 is 6.10 Å². The van der Waals surface area contributed by atoms with Crippen LogP contribution in [0, 0.1) is 5.82 Å². The summed E-state index contributed by atoms with van der Waals surface area (Å²) in [5.74, 6) is -0.275. The molecule has 5 heteroatoms. The minimum Gasteiger partial charge on any atom is -0.382 e. The molecule has 1 unspecified atom stereocenters. The van der Waals surface area contributed by atoms with Crippen molar-refractivity contribution in [2.24, 2.45) is 9.98 Å². The lowest BCUT2D eigenvalue weighted by Crippen LogP contribution is -2.23. The summed E-state index contributed by atoms with van der Waals surface area (Å²) in [5.41, 5.74) is 2.11. The van der Waals surface area contributed by atoms with E-state index in [0.717, 1.165) is 31.6 Å². The van der Waals surface area contributed by atoms with Crippen LogP contribution in [0.3, 0.4) is 0 Å². The Morgan fingerprint density at radius 3 is 2.74 bits per heavy atom. The quantitative estimate of drug-likeness (QED) is 0.904. The first-order chi connectivity index (χ1) is 9.25. The highest BCUT2D eigenvalue weighted by Gasteiger charge is 2.24. The van der Waals surface area contributed by atoms with Gasteiger partial charge in [0.15, 0.2) is 0 Å². The summed E-state index contributed by atoms with van der Waals surface area (Å²) < 4.78 is 13.5. The molecule has 0 aliphatic carbocycles. The highest BCUT2D eigenvalue weighted by molar-refractivity contribution is 6.00. The van der Waals surface area contributed by atoms with Crippen molar-refractivity contribution < 1.29 is 9.50 Å². The molecule has 0 radical (unpaired) electrons. The van der Waals surface area contributed by atoms with Gasteiger partial charge < -0.3 is 10.0 Å². The molecule has 4 nitrogen and oxygen atoms in total. The third-order valence-corrected chi connectivity index (χ3v) is 3.61. The largest absolute Gasteiger partial charge is 0.382 e. The van der Waals surface area contributed by atoms with Crippen LogP contribution in [0.2, 0.25) is 0 Å². The van der Waals surface area contributed by atoms with Gasteiger partial charge in [-0.3, -0.25) is 4.99 Å². The molecule has 0 amide bonds. The summed E-state index contributed by atoms with van der Waals surface area (Å²) in [6.07, 6.45) is 2.86. The standard InChI is InChI=1S/C14H16FN3O/c15-10-3-4-11(14(19)12-8-16-9-17-12)13(7-10)18-5-1-2-6-18/h3-4,7,9,14,19H,1-2,5-6,8H2. The maximum Gasteiger partial charge on any atom is 0.125 e. The summed E-state index contributed by atoms with van der Waals surface area (Å²) in [6.45, 7) is 2.23. The van der Waals surface area contributed by atoms with E-state index in [2.05, 4.69) is 14.9 Å². The molecule has 0 aromatic heterocycles. The van der Waals surface area contributed by atoms with Crippen molar-refractivity contribution in [3.05, 3.63) is 29.6 Å². The van der Waals surface area contributed by atoms with Gasteiger partial charge in [0.05, 0.1) is 12.3 Å². The number of anilines is 1. The number of halogens is 1. The molecule has 1 fully saturated rings. The van der Waals surface area contributed by atoms with E-state index in [1.807, 2.05) is 0 Å². The first kappa shape index (κ1) is 12.3. The van der Waals surface area contributed by atoms with Gasteiger partial charge in [-0.2, -0.15) is 0 Å². The zero-order valence-electron chi connectivity index (χ0n) is 10.6. The Morgan fingerprint density at radius 2 is 2.05 bits per heavy atom. The number of hydrogen-bond donors (Lipinski definition) is 1. The zero-order valence-corrected chi connectivity index (χ0v) is 10.6. The van der Waals surface area contributed by atoms with Crippen LogP contribution >= 0.6 is 0 Å². The molecule has 0 bridgehead atoms. The number of rotatable bonds is 3. The van der Waals surface area contributed by atoms with Crippen molar-refractivity contribution in [1.29, 1.82) is 0 Å². The Hall–Kier alpha value is -1.75. The number of aliphatic imine (C=N–C) groups is 2. The number of aliphatic hydroxyl groups is 1. The van der Waals surface area contributed by atoms with Crippen LogP contribution in [0.4, 0.5) is 10.1 Å². The summed E-state index contributed by atoms with van der Waals surface area (Å²) in [6, 6.07) is 4.53. The number of aliphatic hydroxyl groups excluding tert-OH is 1. The van der Waals surface area contributed by atoms with Crippen molar-refractivity contribution in [2.75, 3.05) is 24.5 Å². The normalized spacial score (nSPS) is 19.9. The summed E-state index contributed by atoms with van der Waals surface area (Å²) >= 11 is 0. The second kappa shape index (κ2) is 5.09. The van der Waals surface area contributed by atoms with Gasteiger partial charge in [-0.05, 0) is 25.0 Å². The van der Waals surface area contributed by atoms with Crippen molar-refractivity contribution in [3.63, 3.8) is 0 Å². The van der Waals surface area contributed by atoms with Gasteiger partial charge in [0, 0.05) is 24.3 Å². The molecule has 1 aromatic carbocycles. The Labute approximate surface area is 111 Å². The van der Waals surface area contributed by atoms with Crippen LogP contribution in [-0.4, -0.2) is 36.8 Å². The van der Waals surface area contributed by atoms with Gasteiger partial charge in [0.25, 0.3) is 0 Å². The van der Waals surface area contributed by atoms with Crippen LogP contribution in [0.1, 0.15) is 24.5 Å². The van der Waals surface area contributed by atoms with Gasteiger partial charge in [-0.25, -0.2) is 9.38 Å². The Bertz CT molecular complexity index is 535. The van der Waals surface area contributed by atoms with Crippen molar-refractivity contribution in [1.82, 2.24) is 0 Å². The molecule has 3 rings (SSSR count). The second-order valence-corrected chi connectivity index (χ2v) is 4.88. The van der Waals surface area contributed by atoms with E-state index in [1.54, 1.807) is 6.07 Å². The third kappa shape index (κ3) is 2.38. The van der Waals surface area contributed by atoms with E-state index in [-0.39, 0.29) is 5.82 Å². The van der Waals surface area contributed by atoms with Gasteiger partial charge >= 0.3 is 0 Å². The van der Waals surface area contributed by atoms with Crippen molar-refractivity contribution in [3.8, 4) is 0 Å². The first-order valence-electron chi connectivity index (χ1n) is 6.53. The molecular weight excluding hydrogens is 245 g/mol. The maximum atomic E-state index is 13.5. The monoisotopic (exact) mass is 261 g/mol. The molecule has 1 atom stereocenters. The lowest BCUT2D eigenvalue weighted by molar-refractivity contribution is 0.247. The maximum absolute atomic E-state index is 13.5. The average Bonchev–Trinajstić information content (AvgIpc) is 3.11. The van der Waals surface area contributed by atoms with Crippen molar-refractivity contribution in [2.45, 2.75) is 18.9 Å². The summed E-state index contributed by atoms with van der Waals surface area (Å²) in [7, 11) is 0. The van der Waals surface area contributed by atoms with Gasteiger partial charge in [-0.15, -0.1) is 0 Å². The van der Waals surface area contributed by atoms with Crippen LogP contribution in [-0.2, 0) is 0 Å². The molecule has 0 spiro atoms. The fourth-order valence-corrected chi connectivity index (χ4v) is 2.61. The third-order valence-electron chi connectivity index (χ3n) is 3.61. The molecule has 100 valence electrons. The fourth-order valence-electron chi connectivity index (χ4n) is 2.61. The minimum atomic E-state index is -0.807. The Morgan fingerprint density at radius 1 is 1.26 bits per heavy atom. The highest BCUT2D eigenvalue weighted by Crippen LogP contribution is 2.31.